The van der Waals surface area contributed by atoms with E-state index in [2.05, 4.69) is 10.3 Å². The van der Waals surface area contributed by atoms with Crippen molar-refractivity contribution in [2.24, 2.45) is 11.7 Å². The third-order valence-electron chi connectivity index (χ3n) is 4.35. The molecule has 1 unspecified atom stereocenters. The van der Waals surface area contributed by atoms with Gasteiger partial charge < -0.3 is 16.0 Å². The molecule has 2 heterocycles. The number of piperidine rings is 1. The van der Waals surface area contributed by atoms with E-state index in [1.54, 1.807) is 28.5 Å². The molecule has 1 atom stereocenters. The molecule has 6 nitrogen and oxygen atoms in total. The van der Waals surface area contributed by atoms with Gasteiger partial charge in [0.2, 0.25) is 5.91 Å². The van der Waals surface area contributed by atoms with Gasteiger partial charge in [-0.3, -0.25) is 9.59 Å². The van der Waals surface area contributed by atoms with E-state index >= 15 is 0 Å². The Bertz CT molecular complexity index is 795. The zero-order chi connectivity index (χ0) is 18.5. The van der Waals surface area contributed by atoms with E-state index in [1.807, 2.05) is 0 Å². The molecule has 26 heavy (non-hydrogen) atoms. The Morgan fingerprint density at radius 1 is 1.38 bits per heavy atom. The highest BCUT2D eigenvalue weighted by Gasteiger charge is 2.29. The highest BCUT2D eigenvalue weighted by molar-refractivity contribution is 7.13. The highest BCUT2D eigenvalue weighted by Crippen LogP contribution is 2.27. The SMILES string of the molecule is NCCNC(=O)C1CCCN(C(=O)c2csc(-c3ccccc3F)n2)C1. The van der Waals surface area contributed by atoms with Crippen molar-refractivity contribution >= 4 is 23.2 Å². The summed E-state index contributed by atoms with van der Waals surface area (Å²) in [6.45, 7) is 1.77. The number of aromatic nitrogens is 1. The number of benzene rings is 1. The van der Waals surface area contributed by atoms with Crippen LogP contribution in [0.5, 0.6) is 0 Å². The van der Waals surface area contributed by atoms with Crippen LogP contribution < -0.4 is 11.1 Å². The zero-order valence-electron chi connectivity index (χ0n) is 14.3. The topological polar surface area (TPSA) is 88.3 Å². The molecule has 1 aliphatic rings. The van der Waals surface area contributed by atoms with Crippen LogP contribution in [0, 0.1) is 11.7 Å². The molecule has 0 radical (unpaired) electrons. The largest absolute Gasteiger partial charge is 0.355 e. The van der Waals surface area contributed by atoms with Crippen LogP contribution in [-0.4, -0.2) is 47.9 Å². The molecule has 1 fully saturated rings. The Morgan fingerprint density at radius 3 is 2.96 bits per heavy atom. The molecule has 1 aromatic heterocycles. The number of halogens is 1. The second-order valence-corrected chi connectivity index (χ2v) is 7.05. The van der Waals surface area contributed by atoms with Crippen molar-refractivity contribution in [1.29, 1.82) is 0 Å². The lowest BCUT2D eigenvalue weighted by Crippen LogP contribution is -2.46. The van der Waals surface area contributed by atoms with Gasteiger partial charge in [-0.2, -0.15) is 0 Å². The van der Waals surface area contributed by atoms with E-state index in [-0.39, 0.29) is 29.2 Å². The Morgan fingerprint density at radius 2 is 2.19 bits per heavy atom. The summed E-state index contributed by atoms with van der Waals surface area (Å²) >= 11 is 1.24. The van der Waals surface area contributed by atoms with E-state index in [1.165, 1.54) is 17.4 Å². The number of nitrogens with two attached hydrogens (primary N) is 1. The average molecular weight is 376 g/mol. The average Bonchev–Trinajstić information content (AvgIpc) is 3.16. The Hall–Kier alpha value is -2.32. The molecule has 0 spiro atoms. The molecule has 0 bridgehead atoms. The normalized spacial score (nSPS) is 17.2. The summed E-state index contributed by atoms with van der Waals surface area (Å²) in [5.74, 6) is -0.891. The van der Waals surface area contributed by atoms with Gasteiger partial charge in [-0.25, -0.2) is 9.37 Å². The first kappa shape index (κ1) is 18.5. The second-order valence-electron chi connectivity index (χ2n) is 6.19. The van der Waals surface area contributed by atoms with Crippen molar-refractivity contribution in [3.05, 3.63) is 41.2 Å². The summed E-state index contributed by atoms with van der Waals surface area (Å²) < 4.78 is 13.9. The number of hydrogen-bond donors (Lipinski definition) is 2. The van der Waals surface area contributed by atoms with Gasteiger partial charge in [0.15, 0.2) is 0 Å². The van der Waals surface area contributed by atoms with E-state index in [4.69, 9.17) is 5.73 Å². The maximum absolute atomic E-state index is 13.9. The predicted octanol–water partition coefficient (Wildman–Crippen LogP) is 1.88. The molecule has 2 amide bonds. The number of nitrogens with one attached hydrogen (secondary N) is 1. The third-order valence-corrected chi connectivity index (χ3v) is 5.23. The molecule has 2 aromatic rings. The summed E-state index contributed by atoms with van der Waals surface area (Å²) in [5, 5.41) is 4.89. The lowest BCUT2D eigenvalue weighted by atomic mass is 9.97. The number of hydrogen-bond acceptors (Lipinski definition) is 5. The first-order chi connectivity index (χ1) is 12.6. The van der Waals surface area contributed by atoms with Gasteiger partial charge in [-0.15, -0.1) is 11.3 Å². The molecule has 1 aliphatic heterocycles. The van der Waals surface area contributed by atoms with Crippen LogP contribution in [0.3, 0.4) is 0 Å². The number of nitrogens with zero attached hydrogens (tertiary/aromatic N) is 2. The Labute approximate surface area is 155 Å². The van der Waals surface area contributed by atoms with Crippen molar-refractivity contribution in [2.75, 3.05) is 26.2 Å². The summed E-state index contributed by atoms with van der Waals surface area (Å²) in [6, 6.07) is 6.35. The minimum Gasteiger partial charge on any atom is -0.355 e. The van der Waals surface area contributed by atoms with E-state index < -0.39 is 0 Å². The van der Waals surface area contributed by atoms with Gasteiger partial charge in [0, 0.05) is 37.1 Å². The molecule has 138 valence electrons. The van der Waals surface area contributed by atoms with Crippen molar-refractivity contribution in [1.82, 2.24) is 15.2 Å². The van der Waals surface area contributed by atoms with Gasteiger partial charge in [-0.1, -0.05) is 12.1 Å². The quantitative estimate of drug-likeness (QED) is 0.834. The minimum absolute atomic E-state index is 0.0710. The van der Waals surface area contributed by atoms with Crippen LogP contribution in [0.1, 0.15) is 23.3 Å². The number of carbonyl (C=O) groups excluding carboxylic acids is 2. The monoisotopic (exact) mass is 376 g/mol. The number of thiazole rings is 1. The second kappa shape index (κ2) is 8.37. The fourth-order valence-electron chi connectivity index (χ4n) is 3.01. The fourth-order valence-corrected chi connectivity index (χ4v) is 3.83. The van der Waals surface area contributed by atoms with E-state index in [0.717, 1.165) is 12.8 Å². The molecule has 3 rings (SSSR count). The molecule has 1 saturated heterocycles. The Balaban J connectivity index is 1.69. The maximum atomic E-state index is 13.9. The molecular weight excluding hydrogens is 355 g/mol. The summed E-state index contributed by atoms with van der Waals surface area (Å²) in [6.07, 6.45) is 1.51. The lowest BCUT2D eigenvalue weighted by Gasteiger charge is -2.31. The fraction of sp³-hybridized carbons (Fsp3) is 0.389. The standard InChI is InChI=1S/C18H21FN4O2S/c19-14-6-2-1-5-13(14)17-22-15(11-26-17)18(25)23-9-3-4-12(10-23)16(24)21-8-7-20/h1-2,5-6,11-12H,3-4,7-10,20H2,(H,21,24). The van der Waals surface area contributed by atoms with E-state index in [0.29, 0.717) is 36.8 Å². The highest BCUT2D eigenvalue weighted by atomic mass is 32.1. The first-order valence-electron chi connectivity index (χ1n) is 8.57. The lowest BCUT2D eigenvalue weighted by molar-refractivity contribution is -0.126. The molecule has 3 N–H and O–H groups in total. The molecule has 0 aliphatic carbocycles. The third kappa shape index (κ3) is 4.08. The van der Waals surface area contributed by atoms with Crippen LogP contribution in [0.25, 0.3) is 10.6 Å². The number of carbonyl (C=O) groups is 2. The molecular formula is C18H21FN4O2S. The molecule has 8 heteroatoms. The number of amides is 2. The molecule has 1 aromatic carbocycles. The van der Waals surface area contributed by atoms with Gasteiger partial charge in [0.05, 0.1) is 5.92 Å². The number of rotatable bonds is 5. The Kier molecular flexibility index (Phi) is 5.95. The van der Waals surface area contributed by atoms with Gasteiger partial charge >= 0.3 is 0 Å². The summed E-state index contributed by atoms with van der Waals surface area (Å²) in [7, 11) is 0. The number of likely N-dealkylation sites (tertiary alicyclic amines) is 1. The van der Waals surface area contributed by atoms with Crippen molar-refractivity contribution in [3.63, 3.8) is 0 Å². The molecule has 0 saturated carbocycles. The smallest absolute Gasteiger partial charge is 0.273 e. The van der Waals surface area contributed by atoms with Crippen LogP contribution in [0.15, 0.2) is 29.6 Å². The minimum atomic E-state index is -0.365. The van der Waals surface area contributed by atoms with Crippen molar-refractivity contribution in [2.45, 2.75) is 12.8 Å². The van der Waals surface area contributed by atoms with Gasteiger partial charge in [0.1, 0.15) is 16.5 Å². The van der Waals surface area contributed by atoms with E-state index in [9.17, 15) is 14.0 Å². The van der Waals surface area contributed by atoms with Crippen molar-refractivity contribution in [3.8, 4) is 10.6 Å². The van der Waals surface area contributed by atoms with Crippen LogP contribution in [0.4, 0.5) is 4.39 Å². The predicted molar refractivity (Wildman–Crippen MR) is 98.2 cm³/mol. The maximum Gasteiger partial charge on any atom is 0.273 e. The summed E-state index contributed by atoms with van der Waals surface area (Å²) in [4.78, 5) is 30.8. The van der Waals surface area contributed by atoms with Gasteiger partial charge in [-0.05, 0) is 25.0 Å². The van der Waals surface area contributed by atoms with Crippen LogP contribution in [-0.2, 0) is 4.79 Å². The summed E-state index contributed by atoms with van der Waals surface area (Å²) in [5.41, 5.74) is 6.08. The van der Waals surface area contributed by atoms with Crippen LogP contribution in [0.2, 0.25) is 0 Å². The first-order valence-corrected chi connectivity index (χ1v) is 9.45. The van der Waals surface area contributed by atoms with Crippen LogP contribution >= 0.6 is 11.3 Å². The van der Waals surface area contributed by atoms with Gasteiger partial charge in [0.25, 0.3) is 5.91 Å². The zero-order valence-corrected chi connectivity index (χ0v) is 15.1. The van der Waals surface area contributed by atoms with Crippen molar-refractivity contribution < 1.29 is 14.0 Å².